The van der Waals surface area contributed by atoms with Crippen molar-refractivity contribution in [3.8, 4) is 0 Å². The second kappa shape index (κ2) is 5.09. The monoisotopic (exact) mass is 239 g/mol. The van der Waals surface area contributed by atoms with E-state index < -0.39 is 12.0 Å². The minimum atomic E-state index is -0.551. The van der Waals surface area contributed by atoms with Crippen molar-refractivity contribution in [1.29, 1.82) is 0 Å². The van der Waals surface area contributed by atoms with E-state index in [1.165, 1.54) is 12.3 Å². The van der Waals surface area contributed by atoms with Crippen LogP contribution >= 0.6 is 0 Å². The van der Waals surface area contributed by atoms with Crippen LogP contribution in [0.4, 0.5) is 10.1 Å². The Morgan fingerprint density at radius 1 is 1.71 bits per heavy atom. The fourth-order valence-corrected chi connectivity index (χ4v) is 1.87. The SMILES string of the molecule is CNC(=O)C1COCCN1c1ccnc(F)c1. The van der Waals surface area contributed by atoms with Gasteiger partial charge in [-0.05, 0) is 6.07 Å². The van der Waals surface area contributed by atoms with E-state index in [-0.39, 0.29) is 5.91 Å². The number of pyridine rings is 1. The lowest BCUT2D eigenvalue weighted by atomic mass is 10.2. The van der Waals surface area contributed by atoms with Crippen LogP contribution < -0.4 is 10.2 Å². The number of carbonyl (C=O) groups excluding carboxylic acids is 1. The molecule has 0 aromatic carbocycles. The van der Waals surface area contributed by atoms with E-state index in [4.69, 9.17) is 4.74 Å². The first-order valence-corrected chi connectivity index (χ1v) is 5.40. The van der Waals surface area contributed by atoms with Crippen LogP contribution in [0.25, 0.3) is 0 Å². The molecule has 1 N–H and O–H groups in total. The zero-order valence-electron chi connectivity index (χ0n) is 9.52. The van der Waals surface area contributed by atoms with Crippen LogP contribution in [0, 0.1) is 5.95 Å². The molecule has 1 fully saturated rings. The molecule has 5 nitrogen and oxygen atoms in total. The maximum Gasteiger partial charge on any atom is 0.244 e. The van der Waals surface area contributed by atoms with E-state index >= 15 is 0 Å². The number of hydrogen-bond acceptors (Lipinski definition) is 4. The molecule has 1 saturated heterocycles. The highest BCUT2D eigenvalue weighted by Gasteiger charge is 2.29. The Bertz CT molecular complexity index is 413. The average molecular weight is 239 g/mol. The van der Waals surface area contributed by atoms with Crippen molar-refractivity contribution in [1.82, 2.24) is 10.3 Å². The van der Waals surface area contributed by atoms with Gasteiger partial charge < -0.3 is 15.0 Å². The lowest BCUT2D eigenvalue weighted by molar-refractivity contribution is -0.124. The quantitative estimate of drug-likeness (QED) is 0.748. The van der Waals surface area contributed by atoms with E-state index in [1.807, 2.05) is 4.90 Å². The van der Waals surface area contributed by atoms with Crippen LogP contribution in [0.3, 0.4) is 0 Å². The van der Waals surface area contributed by atoms with Crippen LogP contribution in [-0.2, 0) is 9.53 Å². The van der Waals surface area contributed by atoms with Gasteiger partial charge in [0.15, 0.2) is 0 Å². The molecule has 0 radical (unpaired) electrons. The summed E-state index contributed by atoms with van der Waals surface area (Å²) in [5.74, 6) is -0.688. The number of rotatable bonds is 2. The Morgan fingerprint density at radius 3 is 3.24 bits per heavy atom. The number of aromatic nitrogens is 1. The lowest BCUT2D eigenvalue weighted by Crippen LogP contribution is -2.53. The van der Waals surface area contributed by atoms with Gasteiger partial charge in [-0.2, -0.15) is 4.39 Å². The maximum absolute atomic E-state index is 13.1. The van der Waals surface area contributed by atoms with Crippen molar-refractivity contribution in [2.45, 2.75) is 6.04 Å². The number of nitrogens with zero attached hydrogens (tertiary/aromatic N) is 2. The fraction of sp³-hybridized carbons (Fsp3) is 0.455. The smallest absolute Gasteiger partial charge is 0.244 e. The summed E-state index contributed by atoms with van der Waals surface area (Å²) < 4.78 is 18.3. The topological polar surface area (TPSA) is 54.5 Å². The molecule has 0 aliphatic carbocycles. The van der Waals surface area contributed by atoms with Gasteiger partial charge >= 0.3 is 0 Å². The highest BCUT2D eigenvalue weighted by Crippen LogP contribution is 2.19. The number of amides is 1. The Kier molecular flexibility index (Phi) is 3.53. The van der Waals surface area contributed by atoms with Gasteiger partial charge in [-0.3, -0.25) is 4.79 Å². The summed E-state index contributed by atoms with van der Waals surface area (Å²) in [6, 6.07) is 2.58. The molecule has 1 aliphatic heterocycles. The number of morpholine rings is 1. The third kappa shape index (κ3) is 2.52. The number of carbonyl (C=O) groups is 1. The molecule has 1 amide bonds. The van der Waals surface area contributed by atoms with Gasteiger partial charge in [0.05, 0.1) is 13.2 Å². The average Bonchev–Trinajstić information content (AvgIpc) is 2.38. The second-order valence-electron chi connectivity index (χ2n) is 3.74. The van der Waals surface area contributed by atoms with Crippen LogP contribution in [0.2, 0.25) is 0 Å². The van der Waals surface area contributed by atoms with Crippen molar-refractivity contribution < 1.29 is 13.9 Å². The van der Waals surface area contributed by atoms with Crippen LogP contribution in [-0.4, -0.2) is 43.7 Å². The molecule has 0 saturated carbocycles. The van der Waals surface area contributed by atoms with E-state index in [0.29, 0.717) is 25.4 Å². The normalized spacial score (nSPS) is 20.1. The summed E-state index contributed by atoms with van der Waals surface area (Å²) >= 11 is 0. The molecule has 1 unspecified atom stereocenters. The minimum Gasteiger partial charge on any atom is -0.377 e. The van der Waals surface area contributed by atoms with E-state index in [0.717, 1.165) is 0 Å². The molecule has 6 heteroatoms. The summed E-state index contributed by atoms with van der Waals surface area (Å²) in [5.41, 5.74) is 0.648. The number of anilines is 1. The van der Waals surface area contributed by atoms with Gasteiger partial charge in [0.1, 0.15) is 6.04 Å². The number of halogens is 1. The van der Waals surface area contributed by atoms with Crippen molar-refractivity contribution in [2.75, 3.05) is 31.7 Å². The Hall–Kier alpha value is -1.69. The van der Waals surface area contributed by atoms with Crippen molar-refractivity contribution in [3.05, 3.63) is 24.3 Å². The van der Waals surface area contributed by atoms with Gasteiger partial charge in [-0.25, -0.2) is 4.98 Å². The fourth-order valence-electron chi connectivity index (χ4n) is 1.87. The minimum absolute atomic E-state index is 0.137. The highest BCUT2D eigenvalue weighted by atomic mass is 19.1. The number of hydrogen-bond donors (Lipinski definition) is 1. The standard InChI is InChI=1S/C11H14FN3O2/c1-13-11(16)9-7-17-5-4-15(9)8-2-3-14-10(12)6-8/h2-3,6,9H,4-5,7H2,1H3,(H,13,16). The van der Waals surface area contributed by atoms with Gasteiger partial charge in [-0.1, -0.05) is 0 Å². The third-order valence-corrected chi connectivity index (χ3v) is 2.72. The summed E-state index contributed by atoms with van der Waals surface area (Å²) in [4.78, 5) is 17.0. The van der Waals surface area contributed by atoms with Crippen molar-refractivity contribution in [2.24, 2.45) is 0 Å². The predicted molar refractivity (Wildman–Crippen MR) is 60.2 cm³/mol. The molecule has 1 aliphatic rings. The molecule has 1 aromatic rings. The molecule has 0 bridgehead atoms. The van der Waals surface area contributed by atoms with E-state index in [1.54, 1.807) is 13.1 Å². The first-order valence-electron chi connectivity index (χ1n) is 5.40. The zero-order chi connectivity index (χ0) is 12.3. The largest absolute Gasteiger partial charge is 0.377 e. The lowest BCUT2D eigenvalue weighted by Gasteiger charge is -2.35. The summed E-state index contributed by atoms with van der Waals surface area (Å²) in [5, 5.41) is 2.58. The highest BCUT2D eigenvalue weighted by molar-refractivity contribution is 5.85. The van der Waals surface area contributed by atoms with Crippen LogP contribution in [0.5, 0.6) is 0 Å². The first kappa shape index (κ1) is 11.8. The third-order valence-electron chi connectivity index (χ3n) is 2.72. The van der Waals surface area contributed by atoms with E-state index in [9.17, 15) is 9.18 Å². The van der Waals surface area contributed by atoms with Crippen molar-refractivity contribution >= 4 is 11.6 Å². The molecular formula is C11H14FN3O2. The Balaban J connectivity index is 2.24. The van der Waals surface area contributed by atoms with Gasteiger partial charge in [0, 0.05) is 31.5 Å². The van der Waals surface area contributed by atoms with Gasteiger partial charge in [0.25, 0.3) is 0 Å². The number of nitrogens with one attached hydrogen (secondary N) is 1. The molecule has 1 atom stereocenters. The van der Waals surface area contributed by atoms with Gasteiger partial charge in [0.2, 0.25) is 11.9 Å². The molecule has 2 rings (SSSR count). The molecule has 0 spiro atoms. The maximum atomic E-state index is 13.1. The number of ether oxygens (including phenoxy) is 1. The van der Waals surface area contributed by atoms with Gasteiger partial charge in [-0.15, -0.1) is 0 Å². The molecule has 92 valence electrons. The Labute approximate surface area is 98.6 Å². The van der Waals surface area contributed by atoms with Crippen LogP contribution in [0.1, 0.15) is 0 Å². The Morgan fingerprint density at radius 2 is 2.53 bits per heavy atom. The predicted octanol–water partition coefficient (Wildman–Crippen LogP) is 0.172. The summed E-state index contributed by atoms with van der Waals surface area (Å²) in [6.45, 7) is 1.39. The number of likely N-dealkylation sites (N-methyl/N-ethyl adjacent to an activating group) is 1. The van der Waals surface area contributed by atoms with E-state index in [2.05, 4.69) is 10.3 Å². The summed E-state index contributed by atoms with van der Waals surface area (Å²) in [6.07, 6.45) is 1.39. The molecule has 17 heavy (non-hydrogen) atoms. The zero-order valence-corrected chi connectivity index (χ0v) is 9.52. The summed E-state index contributed by atoms with van der Waals surface area (Å²) in [7, 11) is 1.57. The second-order valence-corrected chi connectivity index (χ2v) is 3.74. The molecule has 1 aromatic heterocycles. The molecular weight excluding hydrogens is 225 g/mol. The molecule has 2 heterocycles. The first-order chi connectivity index (χ1) is 8.22. The van der Waals surface area contributed by atoms with Crippen molar-refractivity contribution in [3.63, 3.8) is 0 Å². The van der Waals surface area contributed by atoms with Crippen LogP contribution in [0.15, 0.2) is 18.3 Å².